The Kier molecular flexibility index (Phi) is 7.33. The molecule has 0 aliphatic carbocycles. The summed E-state index contributed by atoms with van der Waals surface area (Å²) in [7, 11) is 0. The van der Waals surface area contributed by atoms with Crippen LogP contribution in [-0.2, 0) is 4.74 Å². The van der Waals surface area contributed by atoms with Gasteiger partial charge in [0.25, 0.3) is 0 Å². The highest BCUT2D eigenvalue weighted by Crippen LogP contribution is 2.15. The Hall–Kier alpha value is -0.570. The third-order valence-corrected chi connectivity index (χ3v) is 3.16. The molecule has 0 fully saturated rings. The number of hydrogen-bond donors (Lipinski definition) is 1. The average molecular weight is 270 g/mol. The van der Waals surface area contributed by atoms with E-state index >= 15 is 0 Å². The van der Waals surface area contributed by atoms with Gasteiger partial charge in [-0.1, -0.05) is 37.6 Å². The number of ether oxygens (including phenoxy) is 1. The van der Waals surface area contributed by atoms with E-state index in [4.69, 9.17) is 16.3 Å². The molecule has 3 heteroatoms. The van der Waals surface area contributed by atoms with Gasteiger partial charge >= 0.3 is 0 Å². The van der Waals surface area contributed by atoms with Crippen LogP contribution in [0.5, 0.6) is 0 Å². The molecule has 1 atom stereocenters. The largest absolute Gasteiger partial charge is 0.380 e. The molecular formula is C15H24ClNO. The maximum Gasteiger partial charge on any atom is 0.0591 e. The lowest BCUT2D eigenvalue weighted by Gasteiger charge is -2.14. The third kappa shape index (κ3) is 6.39. The van der Waals surface area contributed by atoms with Crippen LogP contribution in [0.1, 0.15) is 38.8 Å². The van der Waals surface area contributed by atoms with Crippen molar-refractivity contribution >= 4 is 11.6 Å². The van der Waals surface area contributed by atoms with Gasteiger partial charge in [0, 0.05) is 24.2 Å². The highest BCUT2D eigenvalue weighted by Gasteiger charge is 2.03. The summed E-state index contributed by atoms with van der Waals surface area (Å²) < 4.78 is 5.57. The van der Waals surface area contributed by atoms with Crippen molar-refractivity contribution in [1.29, 1.82) is 0 Å². The molecule has 0 aliphatic heterocycles. The first-order valence-corrected chi connectivity index (χ1v) is 7.04. The maximum absolute atomic E-state index is 5.86. The standard InChI is InChI=1S/C15H24ClNO/c1-12(2)8-10-18-11-9-17-13(3)14-4-6-15(16)7-5-14/h4-7,12-13,17H,8-11H2,1-3H3. The van der Waals surface area contributed by atoms with Crippen molar-refractivity contribution < 1.29 is 4.74 Å². The molecule has 1 aromatic carbocycles. The van der Waals surface area contributed by atoms with E-state index in [9.17, 15) is 0 Å². The molecule has 1 N–H and O–H groups in total. The molecule has 18 heavy (non-hydrogen) atoms. The molecule has 0 radical (unpaired) electrons. The van der Waals surface area contributed by atoms with Gasteiger partial charge in [0.15, 0.2) is 0 Å². The minimum absolute atomic E-state index is 0.330. The van der Waals surface area contributed by atoms with Gasteiger partial charge in [0.05, 0.1) is 6.61 Å². The smallest absolute Gasteiger partial charge is 0.0591 e. The molecular weight excluding hydrogens is 246 g/mol. The Bertz CT molecular complexity index is 324. The van der Waals surface area contributed by atoms with Gasteiger partial charge in [-0.3, -0.25) is 0 Å². The lowest BCUT2D eigenvalue weighted by molar-refractivity contribution is 0.123. The average Bonchev–Trinajstić information content (AvgIpc) is 2.34. The van der Waals surface area contributed by atoms with Gasteiger partial charge in [0.1, 0.15) is 0 Å². The van der Waals surface area contributed by atoms with Crippen molar-refractivity contribution in [2.75, 3.05) is 19.8 Å². The molecule has 0 saturated heterocycles. The van der Waals surface area contributed by atoms with E-state index < -0.39 is 0 Å². The molecule has 0 bridgehead atoms. The summed E-state index contributed by atoms with van der Waals surface area (Å²) in [4.78, 5) is 0. The maximum atomic E-state index is 5.86. The van der Waals surface area contributed by atoms with Gasteiger partial charge in [-0.25, -0.2) is 0 Å². The van der Waals surface area contributed by atoms with Crippen molar-refractivity contribution in [3.05, 3.63) is 34.9 Å². The minimum atomic E-state index is 0.330. The van der Waals surface area contributed by atoms with Gasteiger partial charge in [-0.05, 0) is 37.0 Å². The molecule has 0 heterocycles. The van der Waals surface area contributed by atoms with Crippen molar-refractivity contribution in [3.63, 3.8) is 0 Å². The quantitative estimate of drug-likeness (QED) is 0.719. The number of halogens is 1. The van der Waals surface area contributed by atoms with Crippen LogP contribution in [0.2, 0.25) is 5.02 Å². The fraction of sp³-hybridized carbons (Fsp3) is 0.600. The molecule has 1 aromatic rings. The first-order valence-electron chi connectivity index (χ1n) is 6.66. The molecule has 2 nitrogen and oxygen atoms in total. The van der Waals surface area contributed by atoms with Crippen LogP contribution in [0.25, 0.3) is 0 Å². The van der Waals surface area contributed by atoms with E-state index in [-0.39, 0.29) is 0 Å². The van der Waals surface area contributed by atoms with Gasteiger partial charge in [0.2, 0.25) is 0 Å². The van der Waals surface area contributed by atoms with E-state index in [2.05, 4.69) is 38.2 Å². The van der Waals surface area contributed by atoms with Crippen LogP contribution in [0.15, 0.2) is 24.3 Å². The lowest BCUT2D eigenvalue weighted by atomic mass is 10.1. The van der Waals surface area contributed by atoms with Crippen LogP contribution in [0.4, 0.5) is 0 Å². The molecule has 102 valence electrons. The highest BCUT2D eigenvalue weighted by atomic mass is 35.5. The Balaban J connectivity index is 2.13. The zero-order chi connectivity index (χ0) is 13.4. The summed E-state index contributed by atoms with van der Waals surface area (Å²) >= 11 is 5.86. The summed E-state index contributed by atoms with van der Waals surface area (Å²) in [6, 6.07) is 8.29. The monoisotopic (exact) mass is 269 g/mol. The van der Waals surface area contributed by atoms with E-state index in [1.165, 1.54) is 5.56 Å². The Morgan fingerprint density at radius 2 is 1.78 bits per heavy atom. The van der Waals surface area contributed by atoms with Crippen LogP contribution in [0, 0.1) is 5.92 Å². The van der Waals surface area contributed by atoms with E-state index in [1.807, 2.05) is 12.1 Å². The second-order valence-electron chi connectivity index (χ2n) is 5.02. The topological polar surface area (TPSA) is 21.3 Å². The summed E-state index contributed by atoms with van der Waals surface area (Å²) in [6.45, 7) is 9.08. The zero-order valence-corrected chi connectivity index (χ0v) is 12.3. The van der Waals surface area contributed by atoms with E-state index in [0.717, 1.165) is 31.2 Å². The van der Waals surface area contributed by atoms with E-state index in [0.29, 0.717) is 12.0 Å². The van der Waals surface area contributed by atoms with E-state index in [1.54, 1.807) is 0 Å². The lowest BCUT2D eigenvalue weighted by Crippen LogP contribution is -2.23. The second-order valence-corrected chi connectivity index (χ2v) is 5.46. The fourth-order valence-electron chi connectivity index (χ4n) is 1.64. The summed E-state index contributed by atoms with van der Waals surface area (Å²) in [6.07, 6.45) is 1.13. The summed E-state index contributed by atoms with van der Waals surface area (Å²) in [5.74, 6) is 0.714. The predicted octanol–water partition coefficient (Wildman–Crippen LogP) is 4.05. The Morgan fingerprint density at radius 3 is 2.39 bits per heavy atom. The van der Waals surface area contributed by atoms with Crippen LogP contribution >= 0.6 is 11.6 Å². The number of hydrogen-bond acceptors (Lipinski definition) is 2. The minimum Gasteiger partial charge on any atom is -0.380 e. The summed E-state index contributed by atoms with van der Waals surface area (Å²) in [5.41, 5.74) is 1.25. The molecule has 0 spiro atoms. The van der Waals surface area contributed by atoms with Crippen molar-refractivity contribution in [1.82, 2.24) is 5.32 Å². The van der Waals surface area contributed by atoms with Crippen molar-refractivity contribution in [2.45, 2.75) is 33.2 Å². The van der Waals surface area contributed by atoms with Gasteiger partial charge in [-0.2, -0.15) is 0 Å². The van der Waals surface area contributed by atoms with Crippen LogP contribution in [-0.4, -0.2) is 19.8 Å². The Morgan fingerprint density at radius 1 is 1.11 bits per heavy atom. The van der Waals surface area contributed by atoms with Gasteiger partial charge < -0.3 is 10.1 Å². The highest BCUT2D eigenvalue weighted by molar-refractivity contribution is 6.30. The van der Waals surface area contributed by atoms with Crippen LogP contribution in [0.3, 0.4) is 0 Å². The molecule has 0 aliphatic rings. The summed E-state index contributed by atoms with van der Waals surface area (Å²) in [5, 5.41) is 4.22. The SMILES string of the molecule is CC(C)CCOCCNC(C)c1ccc(Cl)cc1. The predicted molar refractivity (Wildman–Crippen MR) is 78.1 cm³/mol. The molecule has 1 unspecified atom stereocenters. The second kappa shape index (κ2) is 8.52. The first kappa shape index (κ1) is 15.5. The fourth-order valence-corrected chi connectivity index (χ4v) is 1.76. The number of nitrogens with one attached hydrogen (secondary N) is 1. The van der Waals surface area contributed by atoms with Gasteiger partial charge in [-0.15, -0.1) is 0 Å². The number of rotatable bonds is 8. The van der Waals surface area contributed by atoms with Crippen molar-refractivity contribution in [2.24, 2.45) is 5.92 Å². The normalized spacial score (nSPS) is 12.9. The Labute approximate surface area is 116 Å². The third-order valence-electron chi connectivity index (χ3n) is 2.91. The molecule has 0 amide bonds. The zero-order valence-electron chi connectivity index (χ0n) is 11.6. The van der Waals surface area contributed by atoms with Crippen LogP contribution < -0.4 is 5.32 Å². The van der Waals surface area contributed by atoms with Crippen molar-refractivity contribution in [3.8, 4) is 0 Å². The molecule has 0 saturated carbocycles. The molecule has 0 aromatic heterocycles. The number of benzene rings is 1. The first-order chi connectivity index (χ1) is 8.59. The molecule has 1 rings (SSSR count).